The van der Waals surface area contributed by atoms with Crippen molar-refractivity contribution < 1.29 is 9.47 Å². The average molecular weight is 423 g/mol. The average Bonchev–Trinajstić information content (AvgIpc) is 3.06. The number of aromatic nitrogens is 3. The Labute approximate surface area is 171 Å². The Morgan fingerprint density at radius 2 is 1.96 bits per heavy atom. The van der Waals surface area contributed by atoms with Crippen LogP contribution in [0.3, 0.4) is 0 Å². The van der Waals surface area contributed by atoms with Crippen LogP contribution >= 0.6 is 35.4 Å². The molecule has 0 aliphatic carbocycles. The molecule has 0 fully saturated rings. The van der Waals surface area contributed by atoms with Gasteiger partial charge in [0.15, 0.2) is 11.5 Å². The number of rotatable bonds is 7. The number of nitrogens with one attached hydrogen (secondary N) is 1. The highest BCUT2D eigenvalue weighted by Crippen LogP contribution is 2.31. The predicted molar refractivity (Wildman–Crippen MR) is 109 cm³/mol. The van der Waals surface area contributed by atoms with E-state index in [1.165, 1.54) is 11.0 Å². The van der Waals surface area contributed by atoms with Crippen LogP contribution in [-0.2, 0) is 6.61 Å². The zero-order chi connectivity index (χ0) is 19.2. The molecule has 1 heterocycles. The van der Waals surface area contributed by atoms with Gasteiger partial charge in [0.05, 0.1) is 12.8 Å². The van der Waals surface area contributed by atoms with Gasteiger partial charge >= 0.3 is 0 Å². The monoisotopic (exact) mass is 422 g/mol. The Balaban J connectivity index is 1.80. The largest absolute Gasteiger partial charge is 0.490 e. The van der Waals surface area contributed by atoms with Gasteiger partial charge in [-0.25, -0.2) is 0 Å². The van der Waals surface area contributed by atoms with Crippen LogP contribution in [0.25, 0.3) is 0 Å². The molecule has 3 aromatic rings. The molecule has 0 amide bonds. The molecule has 0 radical (unpaired) electrons. The molecule has 0 saturated carbocycles. The first-order valence-corrected chi connectivity index (χ1v) is 9.24. The van der Waals surface area contributed by atoms with E-state index in [-0.39, 0.29) is 6.61 Å². The van der Waals surface area contributed by atoms with E-state index in [1.807, 2.05) is 25.1 Å². The molecule has 0 unspecified atom stereocenters. The number of nitrogens with zero attached hydrogens (tertiary/aromatic N) is 3. The van der Waals surface area contributed by atoms with E-state index < -0.39 is 0 Å². The summed E-state index contributed by atoms with van der Waals surface area (Å²) in [5.41, 5.74) is 1.55. The Morgan fingerprint density at radius 3 is 2.63 bits per heavy atom. The number of H-pyrrole nitrogens is 1. The van der Waals surface area contributed by atoms with Crippen LogP contribution in [0.4, 0.5) is 0 Å². The number of hydrogen-bond donors (Lipinski definition) is 1. The molecule has 0 aliphatic rings. The number of hydrogen-bond acceptors (Lipinski definition) is 5. The van der Waals surface area contributed by atoms with Crippen molar-refractivity contribution in [2.24, 2.45) is 5.10 Å². The van der Waals surface area contributed by atoms with Gasteiger partial charge in [-0.15, -0.1) is 0 Å². The maximum atomic E-state index is 6.19. The van der Waals surface area contributed by atoms with Crippen LogP contribution in [0.5, 0.6) is 11.5 Å². The maximum Gasteiger partial charge on any atom is 0.216 e. The minimum atomic E-state index is 0.232. The molecule has 3 rings (SSSR count). The second-order valence-corrected chi connectivity index (χ2v) is 6.58. The van der Waals surface area contributed by atoms with E-state index in [9.17, 15) is 0 Å². The number of halogens is 2. The zero-order valence-electron chi connectivity index (χ0n) is 14.4. The fraction of sp³-hybridized carbons (Fsp3) is 0.167. The summed E-state index contributed by atoms with van der Waals surface area (Å²) in [5.74, 6) is 1.19. The van der Waals surface area contributed by atoms with Gasteiger partial charge < -0.3 is 9.47 Å². The highest BCUT2D eigenvalue weighted by atomic mass is 35.5. The lowest BCUT2D eigenvalue weighted by Crippen LogP contribution is -2.01. The van der Waals surface area contributed by atoms with Crippen molar-refractivity contribution in [2.45, 2.75) is 13.5 Å². The van der Waals surface area contributed by atoms with E-state index in [2.05, 4.69) is 15.3 Å². The summed E-state index contributed by atoms with van der Waals surface area (Å²) in [7, 11) is 0. The summed E-state index contributed by atoms with van der Waals surface area (Å²) in [6, 6.07) is 10.8. The van der Waals surface area contributed by atoms with Crippen molar-refractivity contribution in [3.8, 4) is 11.5 Å². The summed E-state index contributed by atoms with van der Waals surface area (Å²) in [5, 5.41) is 11.8. The molecule has 27 heavy (non-hydrogen) atoms. The molecule has 6 nitrogen and oxygen atoms in total. The van der Waals surface area contributed by atoms with Gasteiger partial charge in [0.1, 0.15) is 12.9 Å². The zero-order valence-corrected chi connectivity index (χ0v) is 16.7. The van der Waals surface area contributed by atoms with Crippen LogP contribution in [0, 0.1) is 4.77 Å². The second-order valence-electron chi connectivity index (χ2n) is 5.38. The number of benzene rings is 2. The summed E-state index contributed by atoms with van der Waals surface area (Å²) in [4.78, 5) is 0. The fourth-order valence-electron chi connectivity index (χ4n) is 2.27. The van der Waals surface area contributed by atoms with Gasteiger partial charge in [0, 0.05) is 15.6 Å². The first-order chi connectivity index (χ1) is 13.1. The Kier molecular flexibility index (Phi) is 6.49. The Bertz CT molecular complexity index is 996. The van der Waals surface area contributed by atoms with Crippen LogP contribution in [0.15, 0.2) is 47.8 Å². The van der Waals surface area contributed by atoms with Crippen molar-refractivity contribution in [1.29, 1.82) is 0 Å². The van der Waals surface area contributed by atoms with E-state index in [1.54, 1.807) is 24.4 Å². The van der Waals surface area contributed by atoms with Crippen molar-refractivity contribution >= 4 is 41.6 Å². The van der Waals surface area contributed by atoms with Crippen molar-refractivity contribution in [2.75, 3.05) is 6.61 Å². The molecule has 9 heteroatoms. The van der Waals surface area contributed by atoms with Crippen molar-refractivity contribution in [1.82, 2.24) is 14.9 Å². The van der Waals surface area contributed by atoms with Crippen LogP contribution in [-0.4, -0.2) is 27.7 Å². The third kappa shape index (κ3) is 4.88. The van der Waals surface area contributed by atoms with Crippen LogP contribution in [0.1, 0.15) is 18.1 Å². The first kappa shape index (κ1) is 19.4. The SMILES string of the molecule is CCOc1cc(/C=N/n2cn[nH]c2=S)ccc1OCc1c(Cl)cccc1Cl. The third-order valence-corrected chi connectivity index (χ3v) is 4.55. The minimum Gasteiger partial charge on any atom is -0.490 e. The van der Waals surface area contributed by atoms with E-state index in [0.717, 1.165) is 11.1 Å². The lowest BCUT2D eigenvalue weighted by molar-refractivity contribution is 0.269. The lowest BCUT2D eigenvalue weighted by Gasteiger charge is -2.14. The van der Waals surface area contributed by atoms with Gasteiger partial charge in [-0.1, -0.05) is 29.3 Å². The maximum absolute atomic E-state index is 6.19. The molecule has 0 saturated heterocycles. The van der Waals surface area contributed by atoms with E-state index >= 15 is 0 Å². The molecule has 1 N–H and O–H groups in total. The van der Waals surface area contributed by atoms with E-state index in [4.69, 9.17) is 44.9 Å². The lowest BCUT2D eigenvalue weighted by atomic mass is 10.2. The molecular weight excluding hydrogens is 407 g/mol. The van der Waals surface area contributed by atoms with E-state index in [0.29, 0.717) is 32.9 Å². The molecule has 0 bridgehead atoms. The highest BCUT2D eigenvalue weighted by Gasteiger charge is 2.10. The molecule has 2 aromatic carbocycles. The number of aromatic amines is 1. The first-order valence-electron chi connectivity index (χ1n) is 8.07. The molecule has 140 valence electrons. The van der Waals surface area contributed by atoms with Gasteiger partial charge in [0.25, 0.3) is 0 Å². The summed E-state index contributed by atoms with van der Waals surface area (Å²) in [6.45, 7) is 2.63. The molecule has 0 atom stereocenters. The Morgan fingerprint density at radius 1 is 1.19 bits per heavy atom. The van der Waals surface area contributed by atoms with Gasteiger partial charge in [-0.2, -0.15) is 14.9 Å². The topological polar surface area (TPSA) is 64.4 Å². The minimum absolute atomic E-state index is 0.232. The van der Waals surface area contributed by atoms with Crippen molar-refractivity contribution in [3.63, 3.8) is 0 Å². The van der Waals surface area contributed by atoms with Crippen LogP contribution < -0.4 is 9.47 Å². The van der Waals surface area contributed by atoms with Gasteiger partial charge in [-0.05, 0) is 55.0 Å². The van der Waals surface area contributed by atoms with Gasteiger partial charge in [-0.3, -0.25) is 5.10 Å². The standard InChI is InChI=1S/C18H16Cl2N4O2S/c1-2-25-17-8-12(9-22-24-11-21-23-18(24)27)6-7-16(17)26-10-13-14(19)4-3-5-15(13)20/h3-9,11H,2,10H2,1H3,(H,23,27)/b22-9+. The quantitative estimate of drug-likeness (QED) is 0.424. The molecule has 0 aliphatic heterocycles. The van der Waals surface area contributed by atoms with Crippen LogP contribution in [0.2, 0.25) is 10.0 Å². The fourth-order valence-corrected chi connectivity index (χ4v) is 2.92. The summed E-state index contributed by atoms with van der Waals surface area (Å²) in [6.07, 6.45) is 3.15. The summed E-state index contributed by atoms with van der Waals surface area (Å²) < 4.78 is 13.4. The Hall–Kier alpha value is -2.35. The number of ether oxygens (including phenoxy) is 2. The normalized spacial score (nSPS) is 11.1. The smallest absolute Gasteiger partial charge is 0.216 e. The highest BCUT2D eigenvalue weighted by molar-refractivity contribution is 7.71. The van der Waals surface area contributed by atoms with Crippen molar-refractivity contribution in [3.05, 3.63) is 68.7 Å². The summed E-state index contributed by atoms with van der Waals surface area (Å²) >= 11 is 17.4. The third-order valence-electron chi connectivity index (χ3n) is 3.57. The molecule has 1 aromatic heterocycles. The molecular formula is C18H16Cl2N4O2S. The second kappa shape index (κ2) is 9.03. The molecule has 0 spiro atoms. The predicted octanol–water partition coefficient (Wildman–Crippen LogP) is 5.11. The van der Waals surface area contributed by atoms with Gasteiger partial charge in [0.2, 0.25) is 4.77 Å².